The summed E-state index contributed by atoms with van der Waals surface area (Å²) in [5, 5.41) is 87.5. The highest BCUT2D eigenvalue weighted by Gasteiger charge is 2.51. The normalized spacial score (nSPS) is 23.2. The second-order valence-corrected chi connectivity index (χ2v) is 26.0. The molecule has 14 heteroatoms. The number of nitrogens with one attached hydrogen (secondary N) is 1. The summed E-state index contributed by atoms with van der Waals surface area (Å²) in [5.41, 5.74) is 0. The topological polar surface area (TPSA) is 228 Å². The molecule has 9 N–H and O–H groups in total. The van der Waals surface area contributed by atoms with E-state index in [0.717, 1.165) is 83.5 Å². The van der Waals surface area contributed by atoms with Gasteiger partial charge >= 0.3 is 0 Å². The van der Waals surface area contributed by atoms with E-state index in [4.69, 9.17) is 18.9 Å². The molecule has 12 atom stereocenters. The van der Waals surface area contributed by atoms with Crippen LogP contribution in [0.2, 0.25) is 0 Å². The molecule has 2 fully saturated rings. The summed E-state index contributed by atoms with van der Waals surface area (Å²) >= 11 is 0. The molecule has 536 valence electrons. The van der Waals surface area contributed by atoms with Crippen LogP contribution in [-0.4, -0.2) is 140 Å². The molecular weight excluding hydrogens is 1170 g/mol. The fraction of sp³-hybridized carbons (Fsp3) is 0.759. The lowest BCUT2D eigenvalue weighted by Crippen LogP contribution is -2.65. The van der Waals surface area contributed by atoms with Crippen LogP contribution in [0.5, 0.6) is 0 Å². The van der Waals surface area contributed by atoms with Crippen molar-refractivity contribution < 1.29 is 64.6 Å². The fourth-order valence-electron chi connectivity index (χ4n) is 11.8. The second kappa shape index (κ2) is 62.2. The highest BCUT2D eigenvalue weighted by atomic mass is 16.7. The lowest BCUT2D eigenvalue weighted by atomic mass is 9.97. The first-order chi connectivity index (χ1) is 45.6. The van der Waals surface area contributed by atoms with Crippen molar-refractivity contribution in [2.24, 2.45) is 0 Å². The van der Waals surface area contributed by atoms with Gasteiger partial charge in [-0.05, 0) is 83.5 Å². The van der Waals surface area contributed by atoms with Crippen molar-refractivity contribution in [3.8, 4) is 0 Å². The molecular formula is C79H137NO13. The fourth-order valence-corrected chi connectivity index (χ4v) is 11.8. The van der Waals surface area contributed by atoms with E-state index in [1.807, 2.05) is 6.08 Å². The number of aliphatic hydroxyl groups excluding tert-OH is 8. The van der Waals surface area contributed by atoms with Gasteiger partial charge in [-0.25, -0.2) is 0 Å². The molecule has 0 aromatic rings. The predicted molar refractivity (Wildman–Crippen MR) is 382 cm³/mol. The van der Waals surface area contributed by atoms with Crippen LogP contribution in [-0.2, 0) is 23.7 Å². The summed E-state index contributed by atoms with van der Waals surface area (Å²) in [5.74, 6) is -0.283. The summed E-state index contributed by atoms with van der Waals surface area (Å²) in [6.45, 7) is 2.68. The van der Waals surface area contributed by atoms with Gasteiger partial charge in [0.05, 0.1) is 32.0 Å². The van der Waals surface area contributed by atoms with Crippen LogP contribution in [0.4, 0.5) is 0 Å². The van der Waals surface area contributed by atoms with Crippen molar-refractivity contribution in [1.82, 2.24) is 5.32 Å². The third-order valence-electron chi connectivity index (χ3n) is 17.7. The first-order valence-electron chi connectivity index (χ1n) is 37.6. The molecule has 1 amide bonds. The third-order valence-corrected chi connectivity index (χ3v) is 17.7. The summed E-state index contributed by atoms with van der Waals surface area (Å²) in [4.78, 5) is 13.3. The quantitative estimate of drug-likeness (QED) is 0.0204. The van der Waals surface area contributed by atoms with E-state index in [1.165, 1.54) is 180 Å². The van der Waals surface area contributed by atoms with E-state index >= 15 is 0 Å². The molecule has 2 heterocycles. The van der Waals surface area contributed by atoms with Gasteiger partial charge in [0.1, 0.15) is 48.8 Å². The summed E-state index contributed by atoms with van der Waals surface area (Å²) in [6.07, 6.45) is 73.0. The number of allylic oxidation sites excluding steroid dienone is 17. The number of amides is 1. The van der Waals surface area contributed by atoms with Gasteiger partial charge in [0.25, 0.3) is 0 Å². The minimum Gasteiger partial charge on any atom is -0.394 e. The Morgan fingerprint density at radius 2 is 0.742 bits per heavy atom. The Kier molecular flexibility index (Phi) is 57.3. The largest absolute Gasteiger partial charge is 0.394 e. The van der Waals surface area contributed by atoms with Gasteiger partial charge in [0, 0.05) is 6.42 Å². The van der Waals surface area contributed by atoms with Gasteiger partial charge in [-0.15, -0.1) is 0 Å². The average Bonchev–Trinajstić information content (AvgIpc) is 0.854. The number of aliphatic hydroxyl groups is 8. The second-order valence-electron chi connectivity index (χ2n) is 26.0. The van der Waals surface area contributed by atoms with Crippen LogP contribution in [0, 0.1) is 0 Å². The van der Waals surface area contributed by atoms with Crippen LogP contribution in [0.25, 0.3) is 0 Å². The number of rotatable bonds is 61. The molecule has 0 aromatic carbocycles. The molecule has 14 nitrogen and oxygen atoms in total. The number of unbranched alkanes of at least 4 members (excludes halogenated alkanes) is 32. The molecule has 0 spiro atoms. The Morgan fingerprint density at radius 1 is 0.398 bits per heavy atom. The van der Waals surface area contributed by atoms with Crippen LogP contribution < -0.4 is 5.32 Å². The molecule has 2 saturated heterocycles. The van der Waals surface area contributed by atoms with Crippen LogP contribution in [0.15, 0.2) is 109 Å². The number of hydrogen-bond donors (Lipinski definition) is 9. The Bertz CT molecular complexity index is 1980. The minimum atomic E-state index is -1.80. The zero-order valence-electron chi connectivity index (χ0n) is 58.5. The van der Waals surface area contributed by atoms with Gasteiger partial charge < -0.3 is 65.1 Å². The monoisotopic (exact) mass is 1310 g/mol. The summed E-state index contributed by atoms with van der Waals surface area (Å²) in [7, 11) is 0. The highest BCUT2D eigenvalue weighted by Crippen LogP contribution is 2.30. The van der Waals surface area contributed by atoms with Gasteiger partial charge in [0.15, 0.2) is 12.6 Å². The van der Waals surface area contributed by atoms with E-state index in [-0.39, 0.29) is 18.9 Å². The standard InChI is InChI=1S/C79H137NO13/c1-3-5-7-9-11-13-15-17-19-21-23-25-27-29-31-32-33-34-35-37-38-40-42-44-46-48-50-52-54-56-58-60-62-68(83)67(66-90-78-76(89)74(87)77(70(65-82)92-78)93-79-75(88)73(86)72(85)69(64-81)91-79)80-71(84)63-61-59-57-55-53-51-49-47-45-43-41-39-36-30-28-26-24-22-20-18-16-14-12-10-8-6-4-2/h6,8,12,14,18,20,24,26,30,36,41,43,47,49,53,55,60,62,67-70,72-79,81-83,85-89H,3-5,7,9-11,13,15-17,19,21-23,25,27-29,31-35,37-40,42,44-46,48,50-52,54,56-59,61,63-66H2,1-2H3,(H,80,84)/b8-6-,14-12-,20-18-,26-24-,36-30-,43-41-,49-47-,55-53-,62-60+. The van der Waals surface area contributed by atoms with E-state index in [1.54, 1.807) is 6.08 Å². The van der Waals surface area contributed by atoms with Gasteiger partial charge in [-0.1, -0.05) is 309 Å². The zero-order valence-corrected chi connectivity index (χ0v) is 58.5. The van der Waals surface area contributed by atoms with Crippen LogP contribution in [0.1, 0.15) is 290 Å². The molecule has 0 radical (unpaired) electrons. The maximum Gasteiger partial charge on any atom is 0.220 e. The van der Waals surface area contributed by atoms with E-state index in [9.17, 15) is 45.6 Å². The average molecular weight is 1310 g/mol. The van der Waals surface area contributed by atoms with Gasteiger partial charge in [-0.2, -0.15) is 0 Å². The Hall–Kier alpha value is -3.35. The molecule has 2 rings (SSSR count). The number of carbonyl (C=O) groups is 1. The van der Waals surface area contributed by atoms with Crippen molar-refractivity contribution in [2.75, 3.05) is 19.8 Å². The van der Waals surface area contributed by atoms with Crippen molar-refractivity contribution >= 4 is 5.91 Å². The molecule has 93 heavy (non-hydrogen) atoms. The van der Waals surface area contributed by atoms with Crippen LogP contribution in [0.3, 0.4) is 0 Å². The van der Waals surface area contributed by atoms with E-state index in [0.29, 0.717) is 6.42 Å². The molecule has 0 saturated carbocycles. The number of hydrogen-bond acceptors (Lipinski definition) is 13. The number of ether oxygens (including phenoxy) is 4. The predicted octanol–water partition coefficient (Wildman–Crippen LogP) is 16.3. The van der Waals surface area contributed by atoms with Crippen molar-refractivity contribution in [1.29, 1.82) is 0 Å². The molecule has 2 aliphatic rings. The summed E-state index contributed by atoms with van der Waals surface area (Å²) < 4.78 is 22.9. The van der Waals surface area contributed by atoms with E-state index in [2.05, 4.69) is 116 Å². The van der Waals surface area contributed by atoms with Crippen molar-refractivity contribution in [3.63, 3.8) is 0 Å². The molecule has 0 aromatic heterocycles. The lowest BCUT2D eigenvalue weighted by molar-refractivity contribution is -0.359. The molecule has 0 bridgehead atoms. The lowest BCUT2D eigenvalue weighted by Gasteiger charge is -2.46. The summed E-state index contributed by atoms with van der Waals surface area (Å²) in [6, 6.07) is -0.949. The Morgan fingerprint density at radius 3 is 1.14 bits per heavy atom. The van der Waals surface area contributed by atoms with Crippen LogP contribution >= 0.6 is 0 Å². The molecule has 12 unspecified atom stereocenters. The number of carbonyl (C=O) groups excluding carboxylic acids is 1. The zero-order chi connectivity index (χ0) is 67.3. The maximum absolute atomic E-state index is 13.3. The van der Waals surface area contributed by atoms with E-state index < -0.39 is 86.8 Å². The Labute approximate surface area is 566 Å². The smallest absolute Gasteiger partial charge is 0.220 e. The SMILES string of the molecule is CC/C=C\C/C=C\C/C=C\C/C=C\C/C=C\C/C=C\C/C=C\C/C=C\CCCCC(=O)NC(COC1OC(CO)C(OC2OC(CO)C(O)C(O)C2O)C(O)C1O)C(O)/C=C/CCCCCCCCCCCCCCCCCCCCCCCCCCCCCCCC. The Balaban J connectivity index is 1.68. The third kappa shape index (κ3) is 45.7. The first kappa shape index (κ1) is 85.7. The molecule has 0 aliphatic carbocycles. The maximum atomic E-state index is 13.3. The first-order valence-corrected chi connectivity index (χ1v) is 37.6. The van der Waals surface area contributed by atoms with Crippen molar-refractivity contribution in [2.45, 2.75) is 364 Å². The van der Waals surface area contributed by atoms with Gasteiger partial charge in [0.2, 0.25) is 5.91 Å². The highest BCUT2D eigenvalue weighted by molar-refractivity contribution is 5.76. The van der Waals surface area contributed by atoms with Gasteiger partial charge in [-0.3, -0.25) is 4.79 Å². The minimum absolute atomic E-state index is 0.219. The molecule has 2 aliphatic heterocycles. The van der Waals surface area contributed by atoms with Crippen molar-refractivity contribution in [3.05, 3.63) is 109 Å².